The van der Waals surface area contributed by atoms with Crippen LogP contribution in [0.25, 0.3) is 21.5 Å². The number of benzene rings is 2. The Kier molecular flexibility index (Phi) is 9.45. The highest BCUT2D eigenvalue weighted by Gasteiger charge is 2.32. The molecule has 2 saturated heterocycles. The van der Waals surface area contributed by atoms with Crippen molar-refractivity contribution in [3.63, 3.8) is 0 Å². The van der Waals surface area contributed by atoms with Crippen molar-refractivity contribution in [1.82, 2.24) is 14.4 Å². The normalized spacial score (nSPS) is 18.7. The van der Waals surface area contributed by atoms with E-state index in [1.807, 2.05) is 35.2 Å². The maximum absolute atomic E-state index is 14.0. The number of carboxylic acid groups (broad SMARTS) is 1. The number of thiophene rings is 1. The van der Waals surface area contributed by atoms with Crippen LogP contribution in [0.3, 0.4) is 0 Å². The zero-order valence-corrected chi connectivity index (χ0v) is 27.5. The quantitative estimate of drug-likeness (QED) is 0.200. The van der Waals surface area contributed by atoms with E-state index in [0.717, 1.165) is 71.6 Å². The third kappa shape index (κ3) is 6.60. The molecule has 1 saturated carbocycles. The van der Waals surface area contributed by atoms with Crippen molar-refractivity contribution in [3.05, 3.63) is 76.7 Å². The summed E-state index contributed by atoms with van der Waals surface area (Å²) < 4.78 is 9.28. The van der Waals surface area contributed by atoms with Crippen LogP contribution in [0.5, 0.6) is 5.75 Å². The Balaban J connectivity index is 1.20. The summed E-state index contributed by atoms with van der Waals surface area (Å²) in [7, 11) is 0. The Morgan fingerprint density at radius 1 is 0.826 bits per heavy atom. The standard InChI is InChI=1S/C38H45N3O4S/c42-34(40-22-18-30(19-23-40)39-20-8-3-9-21-39)25-41-32-24-33(38(43)44)46-37(32)35(28-12-6-2-7-13-28)36(41)29-14-16-31(17-15-29)45-26-27-10-4-1-5-11-27/h1,4-5,10-11,14-17,24,28,30H,2-3,6-9,12-13,18-23,25-26H2,(H,43,44). The van der Waals surface area contributed by atoms with E-state index in [-0.39, 0.29) is 12.5 Å². The fourth-order valence-electron chi connectivity index (χ4n) is 7.95. The van der Waals surface area contributed by atoms with E-state index in [0.29, 0.717) is 23.4 Å². The van der Waals surface area contributed by atoms with Crippen LogP contribution >= 0.6 is 11.3 Å². The number of piperidine rings is 2. The zero-order valence-electron chi connectivity index (χ0n) is 26.7. The van der Waals surface area contributed by atoms with Gasteiger partial charge in [0, 0.05) is 19.1 Å². The molecule has 0 radical (unpaired) electrons. The van der Waals surface area contributed by atoms with Crippen LogP contribution < -0.4 is 4.74 Å². The SMILES string of the molecule is O=C(O)c1cc2c(s1)c(C1CCCCC1)c(-c1ccc(OCc3ccccc3)cc1)n2CC(=O)N1CCC(N2CCCCC2)CC1. The lowest BCUT2D eigenvalue weighted by Gasteiger charge is -2.40. The Labute approximate surface area is 275 Å². The number of aromatic carboxylic acids is 1. The summed E-state index contributed by atoms with van der Waals surface area (Å²) in [6.07, 6.45) is 11.7. The van der Waals surface area contributed by atoms with Gasteiger partial charge in [0.2, 0.25) is 5.91 Å². The molecule has 0 atom stereocenters. The van der Waals surface area contributed by atoms with Crippen molar-refractivity contribution >= 4 is 33.4 Å². The largest absolute Gasteiger partial charge is 0.489 e. The molecular formula is C38H45N3O4S. The molecule has 7 nitrogen and oxygen atoms in total. The lowest BCUT2D eigenvalue weighted by Crippen LogP contribution is -2.48. The Morgan fingerprint density at radius 2 is 1.52 bits per heavy atom. The van der Waals surface area contributed by atoms with Gasteiger partial charge in [-0.3, -0.25) is 4.79 Å². The van der Waals surface area contributed by atoms with Gasteiger partial charge in [0.25, 0.3) is 0 Å². The summed E-state index contributed by atoms with van der Waals surface area (Å²) >= 11 is 1.37. The monoisotopic (exact) mass is 639 g/mol. The van der Waals surface area contributed by atoms with Gasteiger partial charge in [-0.25, -0.2) is 4.79 Å². The average Bonchev–Trinajstić information content (AvgIpc) is 3.67. The van der Waals surface area contributed by atoms with Gasteiger partial charge in [-0.1, -0.05) is 56.0 Å². The Bertz CT molecular complexity index is 1640. The topological polar surface area (TPSA) is 75.0 Å². The molecule has 2 aromatic carbocycles. The molecule has 0 bridgehead atoms. The minimum Gasteiger partial charge on any atom is -0.489 e. The molecule has 3 fully saturated rings. The number of likely N-dealkylation sites (tertiary alicyclic amines) is 2. The van der Waals surface area contributed by atoms with Gasteiger partial charge in [-0.15, -0.1) is 11.3 Å². The summed E-state index contributed by atoms with van der Waals surface area (Å²) in [5, 5.41) is 9.97. The summed E-state index contributed by atoms with van der Waals surface area (Å²) in [6.45, 7) is 4.66. The van der Waals surface area contributed by atoms with Crippen LogP contribution in [0.4, 0.5) is 0 Å². The zero-order chi connectivity index (χ0) is 31.5. The van der Waals surface area contributed by atoms with Crippen LogP contribution in [0.15, 0.2) is 60.7 Å². The number of hydrogen-bond acceptors (Lipinski definition) is 5. The van der Waals surface area contributed by atoms with E-state index in [2.05, 4.69) is 33.7 Å². The van der Waals surface area contributed by atoms with Crippen molar-refractivity contribution in [2.45, 2.75) is 89.3 Å². The first-order chi connectivity index (χ1) is 22.5. The predicted octanol–water partition coefficient (Wildman–Crippen LogP) is 8.17. The number of hydrogen-bond donors (Lipinski definition) is 1. The molecule has 3 aliphatic rings. The molecule has 1 N–H and O–H groups in total. The average molecular weight is 640 g/mol. The van der Waals surface area contributed by atoms with Crippen LogP contribution in [-0.4, -0.2) is 63.6 Å². The van der Waals surface area contributed by atoms with Crippen molar-refractivity contribution < 1.29 is 19.4 Å². The first-order valence-electron chi connectivity index (χ1n) is 17.2. The second-order valence-corrected chi connectivity index (χ2v) is 14.4. The van der Waals surface area contributed by atoms with E-state index in [9.17, 15) is 14.7 Å². The van der Waals surface area contributed by atoms with E-state index < -0.39 is 5.97 Å². The van der Waals surface area contributed by atoms with E-state index in [1.54, 1.807) is 6.07 Å². The Morgan fingerprint density at radius 3 is 2.22 bits per heavy atom. The molecule has 8 heteroatoms. The van der Waals surface area contributed by atoms with Crippen LogP contribution in [-0.2, 0) is 17.9 Å². The number of carbonyl (C=O) groups excluding carboxylic acids is 1. The molecule has 7 rings (SSSR count). The summed E-state index contributed by atoms with van der Waals surface area (Å²) in [5.74, 6) is 0.357. The van der Waals surface area contributed by atoms with Crippen molar-refractivity contribution in [2.24, 2.45) is 0 Å². The van der Waals surface area contributed by atoms with Gasteiger partial charge in [0.15, 0.2) is 0 Å². The highest BCUT2D eigenvalue weighted by Crippen LogP contribution is 2.47. The number of rotatable bonds is 9. The minimum absolute atomic E-state index is 0.122. The van der Waals surface area contributed by atoms with Crippen molar-refractivity contribution in [3.8, 4) is 17.0 Å². The van der Waals surface area contributed by atoms with Crippen molar-refractivity contribution in [2.75, 3.05) is 26.2 Å². The molecule has 0 unspecified atom stereocenters. The predicted molar refractivity (Wildman–Crippen MR) is 184 cm³/mol. The number of carboxylic acids is 1. The maximum atomic E-state index is 14.0. The van der Waals surface area contributed by atoms with Gasteiger partial charge >= 0.3 is 5.97 Å². The Hall–Kier alpha value is -3.62. The number of amides is 1. The summed E-state index contributed by atoms with van der Waals surface area (Å²) in [6, 6.07) is 20.8. The smallest absolute Gasteiger partial charge is 0.345 e. The first-order valence-corrected chi connectivity index (χ1v) is 18.0. The number of nitrogens with zero attached hydrogens (tertiary/aromatic N) is 3. The van der Waals surface area contributed by atoms with E-state index >= 15 is 0 Å². The molecule has 1 aliphatic carbocycles. The fraction of sp³-hybridized carbons (Fsp3) is 0.474. The summed E-state index contributed by atoms with van der Waals surface area (Å²) in [4.78, 5) is 31.2. The number of fused-ring (bicyclic) bond motifs is 1. The lowest BCUT2D eigenvalue weighted by atomic mass is 9.83. The molecular weight excluding hydrogens is 595 g/mol. The number of carbonyl (C=O) groups is 2. The third-order valence-electron chi connectivity index (χ3n) is 10.4. The highest BCUT2D eigenvalue weighted by atomic mass is 32.1. The van der Waals surface area contributed by atoms with E-state index in [1.165, 1.54) is 68.5 Å². The van der Waals surface area contributed by atoms with Crippen LogP contribution in [0, 0.1) is 0 Å². The molecule has 46 heavy (non-hydrogen) atoms. The van der Waals surface area contributed by atoms with Gasteiger partial charge in [0.05, 0.1) is 15.9 Å². The van der Waals surface area contributed by atoms with Crippen molar-refractivity contribution in [1.29, 1.82) is 0 Å². The summed E-state index contributed by atoms with van der Waals surface area (Å²) in [5.41, 5.74) is 5.33. The second kappa shape index (κ2) is 14.0. The first kappa shape index (κ1) is 31.0. The number of ether oxygens (including phenoxy) is 1. The maximum Gasteiger partial charge on any atom is 0.345 e. The van der Waals surface area contributed by atoms with Gasteiger partial charge in [-0.2, -0.15) is 0 Å². The van der Waals surface area contributed by atoms with Gasteiger partial charge < -0.3 is 24.2 Å². The second-order valence-electron chi connectivity index (χ2n) is 13.3. The van der Waals surface area contributed by atoms with Crippen LogP contribution in [0.2, 0.25) is 0 Å². The third-order valence-corrected chi connectivity index (χ3v) is 11.5. The molecule has 1 amide bonds. The highest BCUT2D eigenvalue weighted by molar-refractivity contribution is 7.21. The lowest BCUT2D eigenvalue weighted by molar-refractivity contribution is -0.133. The molecule has 2 aromatic heterocycles. The minimum atomic E-state index is -0.907. The van der Waals surface area contributed by atoms with Gasteiger partial charge in [-0.05, 0) is 105 Å². The molecule has 4 heterocycles. The molecule has 242 valence electrons. The molecule has 0 spiro atoms. The molecule has 4 aromatic rings. The fourth-order valence-corrected chi connectivity index (χ4v) is 9.07. The molecule has 2 aliphatic heterocycles. The number of aromatic nitrogens is 1. The van der Waals surface area contributed by atoms with Crippen LogP contribution in [0.1, 0.15) is 90.9 Å². The van der Waals surface area contributed by atoms with Gasteiger partial charge in [0.1, 0.15) is 23.8 Å². The van der Waals surface area contributed by atoms with E-state index in [4.69, 9.17) is 4.74 Å².